The minimum absolute atomic E-state index is 0.0374. The minimum atomic E-state index is 0.0374. The van der Waals surface area contributed by atoms with Gasteiger partial charge in [0.2, 0.25) is 0 Å². The van der Waals surface area contributed by atoms with Crippen LogP contribution in [0, 0.1) is 0 Å². The van der Waals surface area contributed by atoms with Gasteiger partial charge in [0.25, 0.3) is 0 Å². The van der Waals surface area contributed by atoms with Crippen LogP contribution in [-0.2, 0) is 5.41 Å². The molecule has 3 nitrogen and oxygen atoms in total. The number of methoxy groups -OCH3 is 1. The fourth-order valence-electron chi connectivity index (χ4n) is 1.82. The number of rotatable bonds is 4. The lowest BCUT2D eigenvalue weighted by Crippen LogP contribution is -2.28. The predicted octanol–water partition coefficient (Wildman–Crippen LogP) is 2.11. The van der Waals surface area contributed by atoms with Gasteiger partial charge in [-0.05, 0) is 30.4 Å². The SMILES string of the molecule is COc1cncc(C(C)(C)CC(C)N)c1. The van der Waals surface area contributed by atoms with Gasteiger partial charge < -0.3 is 10.5 Å². The van der Waals surface area contributed by atoms with Crippen molar-refractivity contribution in [1.29, 1.82) is 0 Å². The third-order valence-electron chi connectivity index (χ3n) is 2.56. The monoisotopic (exact) mass is 208 g/mol. The Morgan fingerprint density at radius 3 is 2.67 bits per heavy atom. The average molecular weight is 208 g/mol. The van der Waals surface area contributed by atoms with Crippen molar-refractivity contribution in [3.63, 3.8) is 0 Å². The highest BCUT2D eigenvalue weighted by Crippen LogP contribution is 2.29. The number of ether oxygens (including phenoxy) is 1. The van der Waals surface area contributed by atoms with Crippen LogP contribution in [0.3, 0.4) is 0 Å². The van der Waals surface area contributed by atoms with E-state index in [1.807, 2.05) is 19.2 Å². The van der Waals surface area contributed by atoms with E-state index in [-0.39, 0.29) is 11.5 Å². The van der Waals surface area contributed by atoms with Crippen molar-refractivity contribution in [2.24, 2.45) is 5.73 Å². The van der Waals surface area contributed by atoms with Crippen LogP contribution in [0.1, 0.15) is 32.8 Å². The number of nitrogens with two attached hydrogens (primary N) is 1. The third-order valence-corrected chi connectivity index (χ3v) is 2.56. The number of pyridine rings is 1. The normalized spacial score (nSPS) is 13.7. The summed E-state index contributed by atoms with van der Waals surface area (Å²) in [5, 5.41) is 0. The van der Waals surface area contributed by atoms with Crippen molar-refractivity contribution < 1.29 is 4.74 Å². The molecule has 3 heteroatoms. The Morgan fingerprint density at radius 2 is 2.13 bits per heavy atom. The van der Waals surface area contributed by atoms with E-state index in [9.17, 15) is 0 Å². The van der Waals surface area contributed by atoms with E-state index < -0.39 is 0 Å². The zero-order valence-corrected chi connectivity index (χ0v) is 9.95. The molecule has 1 atom stereocenters. The second-order valence-electron chi connectivity index (χ2n) is 4.68. The summed E-state index contributed by atoms with van der Waals surface area (Å²) in [5.41, 5.74) is 7.04. The highest BCUT2D eigenvalue weighted by atomic mass is 16.5. The molecule has 1 aromatic rings. The highest BCUT2D eigenvalue weighted by Gasteiger charge is 2.22. The van der Waals surface area contributed by atoms with Crippen molar-refractivity contribution in [1.82, 2.24) is 4.98 Å². The van der Waals surface area contributed by atoms with Gasteiger partial charge in [-0.3, -0.25) is 4.98 Å². The van der Waals surface area contributed by atoms with Gasteiger partial charge >= 0.3 is 0 Å². The quantitative estimate of drug-likeness (QED) is 0.824. The van der Waals surface area contributed by atoms with Crippen molar-refractivity contribution in [2.75, 3.05) is 7.11 Å². The Labute approximate surface area is 91.7 Å². The van der Waals surface area contributed by atoms with Crippen LogP contribution in [0.5, 0.6) is 5.75 Å². The molecule has 0 aliphatic heterocycles. The number of aromatic nitrogens is 1. The molecule has 0 fully saturated rings. The van der Waals surface area contributed by atoms with Gasteiger partial charge in [0.1, 0.15) is 5.75 Å². The van der Waals surface area contributed by atoms with E-state index in [4.69, 9.17) is 10.5 Å². The fraction of sp³-hybridized carbons (Fsp3) is 0.583. The smallest absolute Gasteiger partial charge is 0.137 e. The Kier molecular flexibility index (Phi) is 3.69. The highest BCUT2D eigenvalue weighted by molar-refractivity contribution is 5.29. The molecule has 84 valence electrons. The summed E-state index contributed by atoms with van der Waals surface area (Å²) in [5.74, 6) is 0.797. The van der Waals surface area contributed by atoms with Gasteiger partial charge in [0, 0.05) is 12.2 Å². The molecule has 1 rings (SSSR count). The summed E-state index contributed by atoms with van der Waals surface area (Å²) >= 11 is 0. The number of hydrogen-bond acceptors (Lipinski definition) is 3. The molecular formula is C12H20N2O. The molecule has 0 saturated carbocycles. The van der Waals surface area contributed by atoms with Crippen LogP contribution in [-0.4, -0.2) is 18.1 Å². The predicted molar refractivity (Wildman–Crippen MR) is 62.1 cm³/mol. The van der Waals surface area contributed by atoms with Crippen LogP contribution in [0.2, 0.25) is 0 Å². The van der Waals surface area contributed by atoms with Gasteiger partial charge in [-0.15, -0.1) is 0 Å². The second-order valence-corrected chi connectivity index (χ2v) is 4.68. The maximum absolute atomic E-state index is 5.83. The van der Waals surface area contributed by atoms with Gasteiger partial charge in [-0.2, -0.15) is 0 Å². The zero-order valence-electron chi connectivity index (χ0n) is 9.95. The summed E-state index contributed by atoms with van der Waals surface area (Å²) in [6, 6.07) is 2.21. The summed E-state index contributed by atoms with van der Waals surface area (Å²) in [6.45, 7) is 6.37. The van der Waals surface area contributed by atoms with Gasteiger partial charge in [0.15, 0.2) is 0 Å². The second kappa shape index (κ2) is 4.62. The molecule has 0 bridgehead atoms. The summed E-state index contributed by atoms with van der Waals surface area (Å²) in [6.07, 6.45) is 4.53. The van der Waals surface area contributed by atoms with Crippen molar-refractivity contribution in [2.45, 2.75) is 38.6 Å². The van der Waals surface area contributed by atoms with E-state index in [1.165, 1.54) is 5.56 Å². The first-order valence-corrected chi connectivity index (χ1v) is 5.21. The Bertz CT molecular complexity index is 321. The first-order valence-electron chi connectivity index (χ1n) is 5.21. The molecule has 1 unspecified atom stereocenters. The molecule has 0 spiro atoms. The van der Waals surface area contributed by atoms with Crippen molar-refractivity contribution in [3.8, 4) is 5.75 Å². The minimum Gasteiger partial charge on any atom is -0.495 e. The van der Waals surface area contributed by atoms with Gasteiger partial charge in [-0.25, -0.2) is 0 Å². The molecule has 0 radical (unpaired) electrons. The zero-order chi connectivity index (χ0) is 11.5. The van der Waals surface area contributed by atoms with Gasteiger partial charge in [-0.1, -0.05) is 13.8 Å². The molecule has 0 aliphatic rings. The van der Waals surface area contributed by atoms with E-state index in [0.29, 0.717) is 0 Å². The van der Waals surface area contributed by atoms with Crippen molar-refractivity contribution >= 4 is 0 Å². The molecule has 15 heavy (non-hydrogen) atoms. The summed E-state index contributed by atoms with van der Waals surface area (Å²) < 4.78 is 5.16. The van der Waals surface area contributed by atoms with E-state index >= 15 is 0 Å². The third kappa shape index (κ3) is 3.20. The van der Waals surface area contributed by atoms with Gasteiger partial charge in [0.05, 0.1) is 13.3 Å². The molecule has 0 aromatic carbocycles. The molecule has 0 saturated heterocycles. The average Bonchev–Trinajstić information content (AvgIpc) is 2.16. The van der Waals surface area contributed by atoms with Crippen LogP contribution >= 0.6 is 0 Å². The van der Waals surface area contributed by atoms with E-state index in [2.05, 4.69) is 18.8 Å². The summed E-state index contributed by atoms with van der Waals surface area (Å²) in [4.78, 5) is 4.16. The molecule has 2 N–H and O–H groups in total. The van der Waals surface area contributed by atoms with E-state index in [1.54, 1.807) is 13.3 Å². The fourth-order valence-corrected chi connectivity index (χ4v) is 1.82. The summed E-state index contributed by atoms with van der Waals surface area (Å²) in [7, 11) is 1.65. The molecule has 0 amide bonds. The first-order chi connectivity index (χ1) is 6.95. The van der Waals surface area contributed by atoms with Crippen LogP contribution in [0.25, 0.3) is 0 Å². The molecular weight excluding hydrogens is 188 g/mol. The standard InChI is InChI=1S/C12H20N2O/c1-9(13)6-12(2,3)10-5-11(15-4)8-14-7-10/h5,7-9H,6,13H2,1-4H3. The van der Waals surface area contributed by atoms with Crippen LogP contribution < -0.4 is 10.5 Å². The Balaban J connectivity index is 2.93. The Hall–Kier alpha value is -1.09. The molecule has 1 heterocycles. The largest absolute Gasteiger partial charge is 0.495 e. The number of nitrogens with zero attached hydrogens (tertiary/aromatic N) is 1. The van der Waals surface area contributed by atoms with Crippen molar-refractivity contribution in [3.05, 3.63) is 24.0 Å². The first kappa shape index (κ1) is 12.0. The lowest BCUT2D eigenvalue weighted by Gasteiger charge is -2.27. The lowest BCUT2D eigenvalue weighted by molar-refractivity contribution is 0.403. The molecule has 1 aromatic heterocycles. The number of hydrogen-bond donors (Lipinski definition) is 1. The topological polar surface area (TPSA) is 48.1 Å². The Morgan fingerprint density at radius 1 is 1.47 bits per heavy atom. The van der Waals surface area contributed by atoms with Crippen LogP contribution in [0.15, 0.2) is 18.5 Å². The van der Waals surface area contributed by atoms with Crippen LogP contribution in [0.4, 0.5) is 0 Å². The lowest BCUT2D eigenvalue weighted by atomic mass is 9.80. The molecule has 0 aliphatic carbocycles. The van der Waals surface area contributed by atoms with E-state index in [0.717, 1.165) is 12.2 Å². The maximum atomic E-state index is 5.83. The maximum Gasteiger partial charge on any atom is 0.137 e.